The molecule has 0 radical (unpaired) electrons. The Morgan fingerprint density at radius 2 is 1.86 bits per heavy atom. The average Bonchev–Trinajstić information content (AvgIpc) is 2.43. The molecule has 0 aromatic heterocycles. The fourth-order valence-corrected chi connectivity index (χ4v) is 2.88. The maximum atomic E-state index is 13.7. The van der Waals surface area contributed by atoms with Crippen molar-refractivity contribution in [2.45, 2.75) is 4.90 Å². The molecular formula is C13H8ClF2NO4S. The summed E-state index contributed by atoms with van der Waals surface area (Å²) in [7, 11) is -4.30. The molecule has 0 fully saturated rings. The number of rotatable bonds is 4. The molecule has 2 aromatic rings. The molecule has 2 N–H and O–H groups in total. The average molecular weight is 348 g/mol. The molecule has 5 nitrogen and oxygen atoms in total. The maximum absolute atomic E-state index is 13.7. The summed E-state index contributed by atoms with van der Waals surface area (Å²) in [4.78, 5) is 10.3. The van der Waals surface area contributed by atoms with Crippen molar-refractivity contribution in [3.63, 3.8) is 0 Å². The number of nitrogens with one attached hydrogen (secondary N) is 1. The highest BCUT2D eigenvalue weighted by Crippen LogP contribution is 2.25. The highest BCUT2D eigenvalue weighted by molar-refractivity contribution is 7.92. The normalized spacial score (nSPS) is 11.2. The molecule has 9 heteroatoms. The molecular weight excluding hydrogens is 340 g/mol. The van der Waals surface area contributed by atoms with E-state index in [1.54, 1.807) is 0 Å². The van der Waals surface area contributed by atoms with Gasteiger partial charge in [0.1, 0.15) is 5.82 Å². The quantitative estimate of drug-likeness (QED) is 0.890. The van der Waals surface area contributed by atoms with E-state index >= 15 is 0 Å². The summed E-state index contributed by atoms with van der Waals surface area (Å²) in [5.41, 5.74) is -1.22. The van der Waals surface area contributed by atoms with E-state index in [-0.39, 0.29) is 5.02 Å². The van der Waals surface area contributed by atoms with Gasteiger partial charge >= 0.3 is 5.97 Å². The Hall–Kier alpha value is -2.19. The largest absolute Gasteiger partial charge is 0.478 e. The van der Waals surface area contributed by atoms with Gasteiger partial charge in [0, 0.05) is 0 Å². The third-order valence-electron chi connectivity index (χ3n) is 2.67. The number of sulfonamides is 1. The van der Waals surface area contributed by atoms with Gasteiger partial charge in [0.25, 0.3) is 10.0 Å². The number of aromatic carboxylic acids is 1. The second-order valence-corrected chi connectivity index (χ2v) is 6.24. The van der Waals surface area contributed by atoms with Gasteiger partial charge < -0.3 is 5.11 Å². The first-order valence-electron chi connectivity index (χ1n) is 5.72. The van der Waals surface area contributed by atoms with Crippen LogP contribution in [-0.4, -0.2) is 19.5 Å². The van der Waals surface area contributed by atoms with Crippen LogP contribution in [0.2, 0.25) is 5.02 Å². The molecule has 0 amide bonds. The van der Waals surface area contributed by atoms with Crippen molar-refractivity contribution in [3.05, 3.63) is 58.6 Å². The second kappa shape index (κ2) is 5.90. The van der Waals surface area contributed by atoms with Crippen LogP contribution < -0.4 is 4.72 Å². The van der Waals surface area contributed by atoms with E-state index < -0.39 is 43.8 Å². The summed E-state index contributed by atoms with van der Waals surface area (Å²) in [5.74, 6) is -3.68. The number of carboxylic acids is 1. The van der Waals surface area contributed by atoms with Gasteiger partial charge in [-0.05, 0) is 30.3 Å². The monoisotopic (exact) mass is 347 g/mol. The zero-order chi connectivity index (χ0) is 16.5. The van der Waals surface area contributed by atoms with E-state index in [4.69, 9.17) is 16.7 Å². The van der Waals surface area contributed by atoms with Gasteiger partial charge in [-0.1, -0.05) is 17.7 Å². The van der Waals surface area contributed by atoms with Crippen molar-refractivity contribution in [1.29, 1.82) is 0 Å². The summed E-state index contributed by atoms with van der Waals surface area (Å²) in [6.07, 6.45) is 0. The van der Waals surface area contributed by atoms with Crippen molar-refractivity contribution >= 4 is 33.3 Å². The number of anilines is 1. The molecule has 0 bridgehead atoms. The second-order valence-electron chi connectivity index (χ2n) is 4.15. The minimum atomic E-state index is -4.30. The van der Waals surface area contributed by atoms with Crippen LogP contribution >= 0.6 is 11.6 Å². The lowest BCUT2D eigenvalue weighted by atomic mass is 10.2. The molecule has 116 valence electrons. The molecule has 0 unspecified atom stereocenters. The summed E-state index contributed by atoms with van der Waals surface area (Å²) in [6.45, 7) is 0. The van der Waals surface area contributed by atoms with E-state index in [9.17, 15) is 22.0 Å². The van der Waals surface area contributed by atoms with Crippen molar-refractivity contribution in [2.24, 2.45) is 0 Å². The molecule has 0 aliphatic rings. The van der Waals surface area contributed by atoms with Crippen LogP contribution in [0.4, 0.5) is 14.5 Å². The number of benzene rings is 2. The summed E-state index contributed by atoms with van der Waals surface area (Å²) < 4.78 is 53.1. The molecule has 0 heterocycles. The Labute approximate surface area is 129 Å². The molecule has 0 saturated heterocycles. The van der Waals surface area contributed by atoms with Gasteiger partial charge in [-0.3, -0.25) is 4.72 Å². The van der Waals surface area contributed by atoms with E-state index in [0.29, 0.717) is 12.1 Å². The van der Waals surface area contributed by atoms with E-state index in [2.05, 4.69) is 0 Å². The van der Waals surface area contributed by atoms with Gasteiger partial charge in [-0.2, -0.15) is 0 Å². The van der Waals surface area contributed by atoms with Gasteiger partial charge in [0.2, 0.25) is 0 Å². The number of carbonyl (C=O) groups is 1. The zero-order valence-electron chi connectivity index (χ0n) is 10.7. The lowest BCUT2D eigenvalue weighted by Crippen LogP contribution is -2.15. The van der Waals surface area contributed by atoms with Crippen LogP contribution in [0.1, 0.15) is 10.4 Å². The third-order valence-corrected chi connectivity index (χ3v) is 4.33. The fraction of sp³-hybridized carbons (Fsp3) is 0. The molecule has 0 aliphatic heterocycles. The Balaban J connectivity index is 2.45. The first-order valence-corrected chi connectivity index (χ1v) is 7.58. The van der Waals surface area contributed by atoms with Crippen LogP contribution in [0.15, 0.2) is 41.3 Å². The molecule has 2 aromatic carbocycles. The summed E-state index contributed by atoms with van der Waals surface area (Å²) in [6, 6.07) is 5.91. The molecule has 22 heavy (non-hydrogen) atoms. The lowest BCUT2D eigenvalue weighted by molar-refractivity contribution is 0.0691. The van der Waals surface area contributed by atoms with E-state index in [1.807, 2.05) is 4.72 Å². The lowest BCUT2D eigenvalue weighted by Gasteiger charge is -2.10. The fourth-order valence-electron chi connectivity index (χ4n) is 1.62. The Morgan fingerprint density at radius 1 is 1.18 bits per heavy atom. The van der Waals surface area contributed by atoms with E-state index in [1.165, 1.54) is 12.1 Å². The Bertz CT molecular complexity index is 855. The van der Waals surface area contributed by atoms with E-state index in [0.717, 1.165) is 12.1 Å². The highest BCUT2D eigenvalue weighted by atomic mass is 35.5. The predicted molar refractivity (Wildman–Crippen MR) is 75.6 cm³/mol. The first-order chi connectivity index (χ1) is 10.2. The van der Waals surface area contributed by atoms with Gasteiger partial charge in [-0.25, -0.2) is 22.0 Å². The number of halogens is 3. The number of hydrogen-bond donors (Lipinski definition) is 2. The third kappa shape index (κ3) is 3.18. The van der Waals surface area contributed by atoms with Crippen molar-refractivity contribution in [2.75, 3.05) is 4.72 Å². The minimum absolute atomic E-state index is 0.287. The van der Waals surface area contributed by atoms with Crippen molar-refractivity contribution in [3.8, 4) is 0 Å². The molecule has 0 spiro atoms. The summed E-state index contributed by atoms with van der Waals surface area (Å²) in [5, 5.41) is 8.51. The number of carboxylic acid groups (broad SMARTS) is 1. The van der Waals surface area contributed by atoms with Crippen molar-refractivity contribution < 1.29 is 27.1 Å². The highest BCUT2D eigenvalue weighted by Gasteiger charge is 2.21. The first kappa shape index (κ1) is 16.2. The predicted octanol–water partition coefficient (Wildman–Crippen LogP) is 3.12. The topological polar surface area (TPSA) is 83.5 Å². The molecule has 0 aliphatic carbocycles. The Kier molecular flexibility index (Phi) is 4.34. The van der Waals surface area contributed by atoms with Gasteiger partial charge in [0.05, 0.1) is 21.2 Å². The van der Waals surface area contributed by atoms with Crippen LogP contribution in [0.5, 0.6) is 0 Å². The van der Waals surface area contributed by atoms with Gasteiger partial charge in [0.15, 0.2) is 5.82 Å². The Morgan fingerprint density at radius 3 is 2.50 bits per heavy atom. The zero-order valence-corrected chi connectivity index (χ0v) is 12.3. The smallest absolute Gasteiger partial charge is 0.338 e. The minimum Gasteiger partial charge on any atom is -0.478 e. The van der Waals surface area contributed by atoms with Crippen LogP contribution in [0.25, 0.3) is 0 Å². The summed E-state index contributed by atoms with van der Waals surface area (Å²) >= 11 is 5.54. The molecule has 2 rings (SSSR count). The molecule has 0 atom stereocenters. The van der Waals surface area contributed by atoms with Crippen LogP contribution in [0.3, 0.4) is 0 Å². The maximum Gasteiger partial charge on any atom is 0.338 e. The van der Waals surface area contributed by atoms with Crippen LogP contribution in [-0.2, 0) is 10.0 Å². The number of hydrogen-bond acceptors (Lipinski definition) is 3. The SMILES string of the molecule is O=C(O)c1cc(S(=O)(=O)Nc2cccc(Cl)c2F)ccc1F. The van der Waals surface area contributed by atoms with Crippen LogP contribution in [0, 0.1) is 11.6 Å². The van der Waals surface area contributed by atoms with Crippen molar-refractivity contribution in [1.82, 2.24) is 0 Å². The van der Waals surface area contributed by atoms with Gasteiger partial charge in [-0.15, -0.1) is 0 Å². The molecule has 0 saturated carbocycles. The standard InChI is InChI=1S/C13H8ClF2NO4S/c14-9-2-1-3-11(12(9)16)17-22(20,21)7-4-5-10(15)8(6-7)13(18)19/h1-6,17H,(H,18,19).